The first-order chi connectivity index (χ1) is 9.56. The zero-order chi connectivity index (χ0) is 14.5. The second-order valence-electron chi connectivity index (χ2n) is 3.96. The Hall–Kier alpha value is -2.28. The van der Waals surface area contributed by atoms with Crippen LogP contribution in [-0.4, -0.2) is 20.9 Å². The van der Waals surface area contributed by atoms with Crippen molar-refractivity contribution >= 4 is 28.1 Å². The minimum absolute atomic E-state index is 0.231. The fourth-order valence-corrected chi connectivity index (χ4v) is 2.52. The van der Waals surface area contributed by atoms with E-state index >= 15 is 0 Å². The molecule has 0 spiro atoms. The maximum absolute atomic E-state index is 12.7. The third-order valence-corrected chi connectivity index (χ3v) is 3.83. The summed E-state index contributed by atoms with van der Waals surface area (Å²) in [6.07, 6.45) is 2.84. The second-order valence-corrected chi connectivity index (χ2v) is 5.38. The Labute approximate surface area is 117 Å². The molecule has 0 aliphatic heterocycles. The van der Waals surface area contributed by atoms with Crippen LogP contribution < -0.4 is 11.1 Å². The van der Waals surface area contributed by atoms with Crippen LogP contribution in [0.15, 0.2) is 47.6 Å². The number of hydrogen-bond donors (Lipinski definition) is 2. The first kappa shape index (κ1) is 14.1. The van der Waals surface area contributed by atoms with Crippen LogP contribution in [0.3, 0.4) is 0 Å². The molecule has 0 bridgehead atoms. The summed E-state index contributed by atoms with van der Waals surface area (Å²) in [6, 6.07) is 6.82. The summed E-state index contributed by atoms with van der Waals surface area (Å²) in [5.74, 6) is -1.06. The number of rotatable bonds is 4. The van der Waals surface area contributed by atoms with Crippen LogP contribution in [0.4, 0.5) is 15.8 Å². The van der Waals surface area contributed by atoms with Crippen molar-refractivity contribution in [3.05, 3.63) is 48.5 Å². The van der Waals surface area contributed by atoms with E-state index in [1.54, 1.807) is 0 Å². The molecule has 0 aliphatic rings. The molecule has 1 amide bonds. The molecular weight excluding hydrogens is 281 g/mol. The molecule has 0 radical (unpaired) electrons. The summed E-state index contributed by atoms with van der Waals surface area (Å²) in [4.78, 5) is 15.9. The van der Waals surface area contributed by atoms with Gasteiger partial charge in [-0.3, -0.25) is 14.0 Å². The van der Waals surface area contributed by atoms with E-state index in [2.05, 4.69) is 10.3 Å². The van der Waals surface area contributed by atoms with Gasteiger partial charge >= 0.3 is 0 Å². The lowest BCUT2D eigenvalue weighted by molar-refractivity contribution is -0.113. The molecule has 0 saturated carbocycles. The molecule has 1 atom stereocenters. The molecule has 0 saturated heterocycles. The number of carbonyl (C=O) groups excluding carboxylic acids is 1. The maximum Gasteiger partial charge on any atom is 0.237 e. The summed E-state index contributed by atoms with van der Waals surface area (Å²) < 4.78 is 24.7. The van der Waals surface area contributed by atoms with Gasteiger partial charge in [-0.2, -0.15) is 0 Å². The average Bonchev–Trinajstić information content (AvgIpc) is 2.41. The Bertz CT molecular complexity index is 646. The van der Waals surface area contributed by atoms with Crippen molar-refractivity contribution in [2.24, 2.45) is 0 Å². The summed E-state index contributed by atoms with van der Waals surface area (Å²) in [5, 5.41) is 2.53. The number of nitrogen functional groups attached to an aromatic ring is 1. The fraction of sp³-hybridized carbons (Fsp3) is 0.0769. The SMILES string of the molecule is Nc1cnccc1S(=O)CC(=O)Nc1ccc(F)cc1. The van der Waals surface area contributed by atoms with Gasteiger partial charge in [-0.05, 0) is 30.3 Å². The maximum atomic E-state index is 12.7. The van der Waals surface area contributed by atoms with Crippen LogP contribution in [0.2, 0.25) is 0 Å². The quantitative estimate of drug-likeness (QED) is 0.895. The smallest absolute Gasteiger partial charge is 0.237 e. The van der Waals surface area contributed by atoms with Gasteiger partial charge in [-0.25, -0.2) is 4.39 Å². The number of halogens is 1. The van der Waals surface area contributed by atoms with Crippen molar-refractivity contribution in [3.63, 3.8) is 0 Å². The van der Waals surface area contributed by atoms with Gasteiger partial charge in [0.15, 0.2) is 0 Å². The summed E-state index contributed by atoms with van der Waals surface area (Å²) in [7, 11) is -1.55. The van der Waals surface area contributed by atoms with E-state index in [-0.39, 0.29) is 11.4 Å². The topological polar surface area (TPSA) is 85.1 Å². The molecule has 2 rings (SSSR count). The standard InChI is InChI=1S/C13H12FN3O2S/c14-9-1-3-10(4-2-9)17-13(18)8-20(19)12-5-6-16-7-11(12)15/h1-7H,8,15H2,(H,17,18). The van der Waals surface area contributed by atoms with Gasteiger partial charge in [0.1, 0.15) is 11.6 Å². The van der Waals surface area contributed by atoms with Crippen molar-refractivity contribution in [1.82, 2.24) is 4.98 Å². The molecule has 0 fully saturated rings. The first-order valence-corrected chi connectivity index (χ1v) is 7.01. The average molecular weight is 293 g/mol. The van der Waals surface area contributed by atoms with E-state index in [9.17, 15) is 13.4 Å². The molecule has 5 nitrogen and oxygen atoms in total. The lowest BCUT2D eigenvalue weighted by atomic mass is 10.3. The van der Waals surface area contributed by atoms with E-state index in [4.69, 9.17) is 5.73 Å². The second kappa shape index (κ2) is 6.25. The molecule has 1 aromatic carbocycles. The van der Waals surface area contributed by atoms with Gasteiger partial charge in [0, 0.05) is 11.9 Å². The number of hydrogen-bond acceptors (Lipinski definition) is 4. The minimum Gasteiger partial charge on any atom is -0.396 e. The van der Waals surface area contributed by atoms with E-state index in [0.29, 0.717) is 10.6 Å². The molecule has 2 aromatic rings. The van der Waals surface area contributed by atoms with Crippen molar-refractivity contribution in [2.75, 3.05) is 16.8 Å². The van der Waals surface area contributed by atoms with E-state index < -0.39 is 22.5 Å². The molecule has 1 unspecified atom stereocenters. The highest BCUT2D eigenvalue weighted by atomic mass is 32.2. The van der Waals surface area contributed by atoms with Crippen LogP contribution in [0.5, 0.6) is 0 Å². The highest BCUT2D eigenvalue weighted by molar-refractivity contribution is 7.86. The number of benzene rings is 1. The van der Waals surface area contributed by atoms with Crippen LogP contribution in [0.25, 0.3) is 0 Å². The lowest BCUT2D eigenvalue weighted by Gasteiger charge is -2.06. The van der Waals surface area contributed by atoms with Gasteiger partial charge in [0.25, 0.3) is 0 Å². The third kappa shape index (κ3) is 3.61. The summed E-state index contributed by atoms with van der Waals surface area (Å²) >= 11 is 0. The normalized spacial score (nSPS) is 11.8. The number of carbonyl (C=O) groups is 1. The highest BCUT2D eigenvalue weighted by Crippen LogP contribution is 2.14. The fourth-order valence-electron chi connectivity index (χ4n) is 1.53. The first-order valence-electron chi connectivity index (χ1n) is 5.69. The Morgan fingerprint density at radius 2 is 2.00 bits per heavy atom. The summed E-state index contributed by atoms with van der Waals surface area (Å²) in [5.41, 5.74) is 6.36. The van der Waals surface area contributed by atoms with Gasteiger partial charge in [-0.15, -0.1) is 0 Å². The Morgan fingerprint density at radius 3 is 2.65 bits per heavy atom. The highest BCUT2D eigenvalue weighted by Gasteiger charge is 2.13. The predicted molar refractivity (Wildman–Crippen MR) is 75.0 cm³/mol. The third-order valence-electron chi connectivity index (χ3n) is 2.45. The van der Waals surface area contributed by atoms with Crippen LogP contribution >= 0.6 is 0 Å². The number of pyridine rings is 1. The number of nitrogens with zero attached hydrogens (tertiary/aromatic N) is 1. The van der Waals surface area contributed by atoms with Gasteiger partial charge in [0.2, 0.25) is 5.91 Å². The summed E-state index contributed by atoms with van der Waals surface area (Å²) in [6.45, 7) is 0. The lowest BCUT2D eigenvalue weighted by Crippen LogP contribution is -2.20. The number of anilines is 2. The van der Waals surface area contributed by atoms with Gasteiger partial charge in [0.05, 0.1) is 27.6 Å². The largest absolute Gasteiger partial charge is 0.396 e. The molecule has 1 aromatic heterocycles. The Morgan fingerprint density at radius 1 is 1.30 bits per heavy atom. The number of nitrogens with one attached hydrogen (secondary N) is 1. The minimum atomic E-state index is -1.55. The van der Waals surface area contributed by atoms with Crippen molar-refractivity contribution < 1.29 is 13.4 Å². The van der Waals surface area contributed by atoms with Crippen molar-refractivity contribution in [1.29, 1.82) is 0 Å². The van der Waals surface area contributed by atoms with Crippen molar-refractivity contribution in [2.45, 2.75) is 4.90 Å². The zero-order valence-corrected chi connectivity index (χ0v) is 11.2. The van der Waals surface area contributed by atoms with Crippen LogP contribution in [-0.2, 0) is 15.6 Å². The van der Waals surface area contributed by atoms with E-state index in [0.717, 1.165) is 0 Å². The number of nitrogens with two attached hydrogens (primary N) is 1. The Kier molecular flexibility index (Phi) is 4.41. The number of amides is 1. The van der Waals surface area contributed by atoms with Crippen molar-refractivity contribution in [3.8, 4) is 0 Å². The molecule has 0 aliphatic carbocycles. The molecular formula is C13H12FN3O2S. The monoisotopic (exact) mass is 293 g/mol. The molecule has 20 heavy (non-hydrogen) atoms. The molecule has 7 heteroatoms. The van der Waals surface area contributed by atoms with Crippen LogP contribution in [0.1, 0.15) is 0 Å². The van der Waals surface area contributed by atoms with Gasteiger partial charge < -0.3 is 11.1 Å². The molecule has 1 heterocycles. The number of aromatic nitrogens is 1. The Balaban J connectivity index is 2.00. The van der Waals surface area contributed by atoms with Gasteiger partial charge in [-0.1, -0.05) is 0 Å². The van der Waals surface area contributed by atoms with E-state index in [1.165, 1.54) is 42.7 Å². The zero-order valence-electron chi connectivity index (χ0n) is 10.4. The predicted octanol–water partition coefficient (Wildman–Crippen LogP) is 1.55. The van der Waals surface area contributed by atoms with Crippen LogP contribution in [0, 0.1) is 5.82 Å². The van der Waals surface area contributed by atoms with E-state index in [1.807, 2.05) is 0 Å². The molecule has 104 valence electrons. The molecule has 3 N–H and O–H groups in total.